The van der Waals surface area contributed by atoms with Gasteiger partial charge in [-0.05, 0) is 36.2 Å². The van der Waals surface area contributed by atoms with Crippen LogP contribution in [0.15, 0.2) is 79.0 Å². The maximum atomic E-state index is 13.0. The van der Waals surface area contributed by atoms with Crippen molar-refractivity contribution in [2.24, 2.45) is 0 Å². The monoisotopic (exact) mass is 492 g/mol. The first-order valence-corrected chi connectivity index (χ1v) is 12.0. The molecule has 3 amide bonds. The number of anilines is 1. The molecular weight excluding hydrogens is 460 g/mol. The molecule has 190 valence electrons. The molecule has 3 aromatic rings. The number of nitrogens with one attached hydrogen (secondary N) is 3. The van der Waals surface area contributed by atoms with Gasteiger partial charge in [0.15, 0.2) is 6.10 Å². The molecule has 0 saturated carbocycles. The van der Waals surface area contributed by atoms with Crippen LogP contribution in [-0.2, 0) is 20.9 Å². The zero-order valence-corrected chi connectivity index (χ0v) is 20.3. The highest BCUT2D eigenvalue weighted by atomic mass is 16.6. The Morgan fingerprint density at radius 3 is 2.39 bits per heavy atom. The number of hydrogen-bond acceptors (Lipinski definition) is 5. The second-order valence-corrected chi connectivity index (χ2v) is 8.06. The fourth-order valence-electron chi connectivity index (χ4n) is 3.31. The number of carbonyl (C=O) groups excluding carboxylic acids is 3. The Hall–Kier alpha value is -4.11. The standard InChI is InChI=1S/C27H32N4O5/c1-2-3-17-28-27(34)36-24(16-19-35-20-21-11-6-4-7-12-21)26(33)30-31-18-10-15-23(31)25(32)29-22-13-8-5-9-14-22/h4-15,18,24H,2-3,16-17,19-20H2,1H3,(H,28,34)(H,29,32)(H,30,33). The molecule has 1 unspecified atom stereocenters. The molecule has 0 aliphatic carbocycles. The van der Waals surface area contributed by atoms with Crippen molar-refractivity contribution in [2.45, 2.75) is 38.9 Å². The average molecular weight is 493 g/mol. The lowest BCUT2D eigenvalue weighted by molar-refractivity contribution is -0.126. The summed E-state index contributed by atoms with van der Waals surface area (Å²) in [7, 11) is 0. The van der Waals surface area contributed by atoms with Crippen molar-refractivity contribution in [2.75, 3.05) is 23.9 Å². The molecule has 3 N–H and O–H groups in total. The van der Waals surface area contributed by atoms with Crippen LogP contribution < -0.4 is 16.1 Å². The van der Waals surface area contributed by atoms with E-state index in [1.165, 1.54) is 4.68 Å². The zero-order valence-electron chi connectivity index (χ0n) is 20.3. The van der Waals surface area contributed by atoms with Gasteiger partial charge in [-0.15, -0.1) is 0 Å². The van der Waals surface area contributed by atoms with Gasteiger partial charge in [-0.2, -0.15) is 0 Å². The molecule has 0 aliphatic heterocycles. The summed E-state index contributed by atoms with van der Waals surface area (Å²) in [6, 6.07) is 21.8. The topological polar surface area (TPSA) is 111 Å². The van der Waals surface area contributed by atoms with Gasteiger partial charge in [-0.25, -0.2) is 4.79 Å². The fraction of sp³-hybridized carbons (Fsp3) is 0.296. The number of amides is 3. The zero-order chi connectivity index (χ0) is 25.6. The number of ether oxygens (including phenoxy) is 2. The Morgan fingerprint density at radius 1 is 0.944 bits per heavy atom. The summed E-state index contributed by atoms with van der Waals surface area (Å²) in [6.07, 6.45) is 1.61. The van der Waals surface area contributed by atoms with Crippen molar-refractivity contribution in [1.29, 1.82) is 0 Å². The van der Waals surface area contributed by atoms with Crippen molar-refractivity contribution in [3.63, 3.8) is 0 Å². The van der Waals surface area contributed by atoms with Gasteiger partial charge in [0.2, 0.25) is 0 Å². The van der Waals surface area contributed by atoms with E-state index in [1.54, 1.807) is 30.5 Å². The molecular formula is C27H32N4O5. The molecule has 3 rings (SSSR count). The molecule has 2 aromatic carbocycles. The minimum absolute atomic E-state index is 0.146. The van der Waals surface area contributed by atoms with Crippen LogP contribution >= 0.6 is 0 Å². The number of nitrogens with zero attached hydrogens (tertiary/aromatic N) is 1. The van der Waals surface area contributed by atoms with Gasteiger partial charge < -0.3 is 20.1 Å². The van der Waals surface area contributed by atoms with Gasteiger partial charge in [-0.3, -0.25) is 19.7 Å². The lowest BCUT2D eigenvalue weighted by atomic mass is 10.2. The average Bonchev–Trinajstić information content (AvgIpc) is 3.35. The molecule has 1 heterocycles. The van der Waals surface area contributed by atoms with Crippen molar-refractivity contribution >= 4 is 23.6 Å². The summed E-state index contributed by atoms with van der Waals surface area (Å²) < 4.78 is 12.4. The molecule has 1 aromatic heterocycles. The molecule has 0 radical (unpaired) electrons. The summed E-state index contributed by atoms with van der Waals surface area (Å²) in [6.45, 7) is 3.03. The first kappa shape index (κ1) is 26.5. The van der Waals surface area contributed by atoms with Crippen molar-refractivity contribution in [3.8, 4) is 0 Å². The number of carbonyl (C=O) groups is 3. The van der Waals surface area contributed by atoms with Gasteiger partial charge in [0.25, 0.3) is 11.8 Å². The quantitative estimate of drug-likeness (QED) is 0.308. The highest BCUT2D eigenvalue weighted by molar-refractivity contribution is 6.03. The first-order valence-electron chi connectivity index (χ1n) is 12.0. The van der Waals surface area contributed by atoms with Gasteiger partial charge in [0.05, 0.1) is 13.2 Å². The SMILES string of the molecule is CCCCNC(=O)OC(CCOCc1ccccc1)C(=O)Nn1cccc1C(=O)Nc1ccccc1. The Kier molecular flexibility index (Phi) is 10.5. The number of unbranched alkanes of at least 4 members (excludes halogenated alkanes) is 1. The fourth-order valence-corrected chi connectivity index (χ4v) is 3.31. The van der Waals surface area contributed by atoms with Crippen LogP contribution in [0.5, 0.6) is 0 Å². The predicted molar refractivity (Wildman–Crippen MR) is 137 cm³/mol. The Morgan fingerprint density at radius 2 is 1.67 bits per heavy atom. The molecule has 9 nitrogen and oxygen atoms in total. The highest BCUT2D eigenvalue weighted by Gasteiger charge is 2.24. The Bertz CT molecular complexity index is 1100. The van der Waals surface area contributed by atoms with Crippen LogP contribution in [0.25, 0.3) is 0 Å². The van der Waals surface area contributed by atoms with E-state index in [1.807, 2.05) is 55.5 Å². The maximum absolute atomic E-state index is 13.0. The third kappa shape index (κ3) is 8.59. The third-order valence-electron chi connectivity index (χ3n) is 5.22. The predicted octanol–water partition coefficient (Wildman–Crippen LogP) is 4.31. The van der Waals surface area contributed by atoms with E-state index < -0.39 is 24.0 Å². The number of para-hydroxylation sites is 1. The van der Waals surface area contributed by atoms with Crippen molar-refractivity contribution in [3.05, 3.63) is 90.3 Å². The number of hydrogen-bond donors (Lipinski definition) is 3. The second-order valence-electron chi connectivity index (χ2n) is 8.06. The smallest absolute Gasteiger partial charge is 0.407 e. The molecule has 0 bridgehead atoms. The van der Waals surface area contributed by atoms with Crippen LogP contribution in [0.2, 0.25) is 0 Å². The Labute approximate surface area is 210 Å². The summed E-state index contributed by atoms with van der Waals surface area (Å²) >= 11 is 0. The molecule has 0 fully saturated rings. The summed E-state index contributed by atoms with van der Waals surface area (Å²) in [5, 5.41) is 5.43. The van der Waals surface area contributed by atoms with E-state index in [4.69, 9.17) is 9.47 Å². The van der Waals surface area contributed by atoms with E-state index in [2.05, 4.69) is 16.1 Å². The number of aromatic nitrogens is 1. The van der Waals surface area contributed by atoms with Gasteiger partial charge in [0, 0.05) is 24.8 Å². The number of alkyl carbamates (subject to hydrolysis) is 1. The van der Waals surface area contributed by atoms with Crippen LogP contribution in [0.4, 0.5) is 10.5 Å². The van der Waals surface area contributed by atoms with Gasteiger partial charge in [0.1, 0.15) is 5.69 Å². The van der Waals surface area contributed by atoms with Crippen molar-refractivity contribution in [1.82, 2.24) is 9.99 Å². The summed E-state index contributed by atoms with van der Waals surface area (Å²) in [4.78, 5) is 38.0. The molecule has 0 saturated heterocycles. The molecule has 36 heavy (non-hydrogen) atoms. The summed E-state index contributed by atoms with van der Waals surface area (Å²) in [5.41, 5.74) is 4.49. The molecule has 9 heteroatoms. The maximum Gasteiger partial charge on any atom is 0.407 e. The minimum atomic E-state index is -1.12. The molecule has 0 aliphatic rings. The second kappa shape index (κ2) is 14.3. The van der Waals surface area contributed by atoms with Crippen LogP contribution in [0, 0.1) is 0 Å². The number of rotatable bonds is 13. The van der Waals surface area contributed by atoms with E-state index in [9.17, 15) is 14.4 Å². The third-order valence-corrected chi connectivity index (χ3v) is 5.22. The van der Waals surface area contributed by atoms with E-state index in [0.717, 1.165) is 18.4 Å². The van der Waals surface area contributed by atoms with Crippen molar-refractivity contribution < 1.29 is 23.9 Å². The lowest BCUT2D eigenvalue weighted by Gasteiger charge is -2.19. The van der Waals surface area contributed by atoms with Crippen LogP contribution in [-0.4, -0.2) is 41.8 Å². The van der Waals surface area contributed by atoms with Gasteiger partial charge >= 0.3 is 6.09 Å². The summed E-state index contributed by atoms with van der Waals surface area (Å²) in [5.74, 6) is -0.971. The molecule has 0 spiro atoms. The normalized spacial score (nSPS) is 11.4. The van der Waals surface area contributed by atoms with Gasteiger partial charge in [-0.1, -0.05) is 61.9 Å². The van der Waals surface area contributed by atoms with Crippen LogP contribution in [0.3, 0.4) is 0 Å². The highest BCUT2D eigenvalue weighted by Crippen LogP contribution is 2.10. The lowest BCUT2D eigenvalue weighted by Crippen LogP contribution is -2.40. The molecule has 1 atom stereocenters. The largest absolute Gasteiger partial charge is 0.436 e. The van der Waals surface area contributed by atoms with Crippen LogP contribution in [0.1, 0.15) is 42.2 Å². The van der Waals surface area contributed by atoms with E-state index in [0.29, 0.717) is 18.8 Å². The Balaban J connectivity index is 1.61. The number of benzene rings is 2. The van der Waals surface area contributed by atoms with E-state index >= 15 is 0 Å². The minimum Gasteiger partial charge on any atom is -0.436 e. The van der Waals surface area contributed by atoms with E-state index in [-0.39, 0.29) is 18.7 Å². The first-order chi connectivity index (χ1) is 17.6.